The highest BCUT2D eigenvalue weighted by Gasteiger charge is 2.06. The lowest BCUT2D eigenvalue weighted by Crippen LogP contribution is -1.99. The van der Waals surface area contributed by atoms with E-state index in [1.54, 1.807) is 18.2 Å². The van der Waals surface area contributed by atoms with E-state index in [0.29, 0.717) is 16.9 Å². The number of hydrogen-bond acceptors (Lipinski definition) is 2. The predicted octanol–water partition coefficient (Wildman–Crippen LogP) is 4.80. The average molecular weight is 385 g/mol. The van der Waals surface area contributed by atoms with Crippen LogP contribution in [0.25, 0.3) is 0 Å². The van der Waals surface area contributed by atoms with Gasteiger partial charge in [0, 0.05) is 10.0 Å². The highest BCUT2D eigenvalue weighted by atomic mass is 79.9. The van der Waals surface area contributed by atoms with Crippen molar-refractivity contribution in [1.29, 1.82) is 5.26 Å². The summed E-state index contributed by atoms with van der Waals surface area (Å²) in [5.74, 6) is 0.194. The maximum absolute atomic E-state index is 13.7. The van der Waals surface area contributed by atoms with Crippen molar-refractivity contribution in [3.8, 4) is 11.8 Å². The van der Waals surface area contributed by atoms with Gasteiger partial charge >= 0.3 is 0 Å². The summed E-state index contributed by atoms with van der Waals surface area (Å²) in [5.41, 5.74) is 0.708. The third-order valence-electron chi connectivity index (χ3n) is 2.46. The van der Waals surface area contributed by atoms with Gasteiger partial charge in [-0.2, -0.15) is 5.26 Å². The van der Waals surface area contributed by atoms with E-state index in [1.807, 2.05) is 18.2 Å². The molecule has 0 aliphatic heterocycles. The Bertz CT molecular complexity index is 652. The molecule has 2 rings (SSSR count). The number of benzene rings is 2. The van der Waals surface area contributed by atoms with E-state index in [4.69, 9.17) is 10.00 Å². The fourth-order valence-electron chi connectivity index (χ4n) is 1.48. The molecule has 0 N–H and O–H groups in total. The molecule has 0 radical (unpaired) electrons. The van der Waals surface area contributed by atoms with Gasteiger partial charge in [0.2, 0.25) is 0 Å². The van der Waals surface area contributed by atoms with Crippen molar-refractivity contribution in [1.82, 2.24) is 0 Å². The topological polar surface area (TPSA) is 33.0 Å². The first-order valence-corrected chi connectivity index (χ1v) is 6.95. The Morgan fingerprint density at radius 2 is 1.95 bits per heavy atom. The van der Waals surface area contributed by atoms with Crippen molar-refractivity contribution in [3.63, 3.8) is 0 Å². The van der Waals surface area contributed by atoms with Crippen LogP contribution in [0.3, 0.4) is 0 Å². The Labute approximate surface area is 127 Å². The summed E-state index contributed by atoms with van der Waals surface area (Å²) in [7, 11) is 0. The molecule has 0 saturated carbocycles. The van der Waals surface area contributed by atoms with E-state index in [-0.39, 0.29) is 6.61 Å². The molecule has 2 aromatic rings. The molecule has 0 fully saturated rings. The zero-order valence-electron chi connectivity index (χ0n) is 9.66. The third-order valence-corrected chi connectivity index (χ3v) is 3.57. The maximum Gasteiger partial charge on any atom is 0.134 e. The molecule has 0 bridgehead atoms. The summed E-state index contributed by atoms with van der Waals surface area (Å²) in [5, 5.41) is 8.66. The predicted molar refractivity (Wildman–Crippen MR) is 77.3 cm³/mol. The number of ether oxygens (including phenoxy) is 1. The van der Waals surface area contributed by atoms with Gasteiger partial charge in [0.15, 0.2) is 0 Å². The zero-order valence-corrected chi connectivity index (χ0v) is 12.8. The van der Waals surface area contributed by atoms with Crippen LogP contribution >= 0.6 is 31.9 Å². The van der Waals surface area contributed by atoms with Crippen LogP contribution in [-0.2, 0) is 6.61 Å². The fourth-order valence-corrected chi connectivity index (χ4v) is 2.64. The van der Waals surface area contributed by atoms with Gasteiger partial charge in [0.1, 0.15) is 18.2 Å². The lowest BCUT2D eigenvalue weighted by molar-refractivity contribution is 0.298. The van der Waals surface area contributed by atoms with Crippen molar-refractivity contribution in [2.45, 2.75) is 6.61 Å². The first-order chi connectivity index (χ1) is 9.10. The van der Waals surface area contributed by atoms with Crippen LogP contribution < -0.4 is 4.74 Å². The molecule has 0 spiro atoms. The number of nitrogens with zero attached hydrogens (tertiary/aromatic N) is 1. The normalized spacial score (nSPS) is 10.0. The summed E-state index contributed by atoms with van der Waals surface area (Å²) >= 11 is 6.71. The summed E-state index contributed by atoms with van der Waals surface area (Å²) in [6.45, 7) is 0.109. The molecule has 2 nitrogen and oxygen atoms in total. The fraction of sp³-hybridized carbons (Fsp3) is 0.0714. The smallest absolute Gasteiger partial charge is 0.134 e. The zero-order chi connectivity index (χ0) is 13.8. The van der Waals surface area contributed by atoms with E-state index < -0.39 is 5.82 Å². The van der Waals surface area contributed by atoms with Crippen LogP contribution in [0.5, 0.6) is 5.75 Å². The average Bonchev–Trinajstić information content (AvgIpc) is 2.39. The Hall–Kier alpha value is -1.38. The van der Waals surface area contributed by atoms with Crippen LogP contribution in [0, 0.1) is 17.1 Å². The Morgan fingerprint density at radius 1 is 1.16 bits per heavy atom. The SMILES string of the molecule is N#Cc1ccc(COc2ccc(Br)cc2Br)c(F)c1. The van der Waals surface area contributed by atoms with E-state index in [1.165, 1.54) is 6.07 Å². The highest BCUT2D eigenvalue weighted by molar-refractivity contribution is 9.11. The Balaban J connectivity index is 2.13. The van der Waals surface area contributed by atoms with Gasteiger partial charge in [-0.05, 0) is 46.3 Å². The molecule has 19 heavy (non-hydrogen) atoms. The molecule has 0 amide bonds. The Kier molecular flexibility index (Phi) is 4.56. The van der Waals surface area contributed by atoms with Crippen LogP contribution in [0.15, 0.2) is 45.3 Å². The summed E-state index contributed by atoms with van der Waals surface area (Å²) in [4.78, 5) is 0. The van der Waals surface area contributed by atoms with Crippen molar-refractivity contribution in [2.24, 2.45) is 0 Å². The number of hydrogen-bond donors (Lipinski definition) is 0. The molecule has 0 saturated heterocycles. The molecule has 5 heteroatoms. The van der Waals surface area contributed by atoms with Gasteiger partial charge in [0.05, 0.1) is 16.1 Å². The lowest BCUT2D eigenvalue weighted by atomic mass is 10.1. The third kappa shape index (κ3) is 3.55. The molecule has 0 unspecified atom stereocenters. The van der Waals surface area contributed by atoms with Crippen LogP contribution in [0.4, 0.5) is 4.39 Å². The standard InChI is InChI=1S/C14H8Br2FNO/c15-11-3-4-14(12(16)6-11)19-8-10-2-1-9(7-18)5-13(10)17/h1-6H,8H2. The second-order valence-corrected chi connectivity index (χ2v) is 5.55. The Morgan fingerprint density at radius 3 is 2.58 bits per heavy atom. The van der Waals surface area contributed by atoms with Crippen molar-refractivity contribution in [2.75, 3.05) is 0 Å². The quantitative estimate of drug-likeness (QED) is 0.761. The monoisotopic (exact) mass is 383 g/mol. The molecular weight excluding hydrogens is 377 g/mol. The number of nitriles is 1. The molecule has 0 aliphatic rings. The maximum atomic E-state index is 13.7. The van der Waals surface area contributed by atoms with Gasteiger partial charge in [-0.25, -0.2) is 4.39 Å². The van der Waals surface area contributed by atoms with Crippen LogP contribution in [0.1, 0.15) is 11.1 Å². The van der Waals surface area contributed by atoms with E-state index in [2.05, 4.69) is 31.9 Å². The highest BCUT2D eigenvalue weighted by Crippen LogP contribution is 2.29. The first kappa shape index (κ1) is 14.0. The molecule has 0 heterocycles. The second-order valence-electron chi connectivity index (χ2n) is 3.78. The summed E-state index contributed by atoms with van der Waals surface area (Å²) in [6, 6.07) is 11.7. The van der Waals surface area contributed by atoms with Gasteiger partial charge < -0.3 is 4.74 Å². The van der Waals surface area contributed by atoms with Gasteiger partial charge in [0.25, 0.3) is 0 Å². The number of halogens is 3. The summed E-state index contributed by atoms with van der Waals surface area (Å²) in [6.07, 6.45) is 0. The minimum Gasteiger partial charge on any atom is -0.488 e. The molecule has 96 valence electrons. The van der Waals surface area contributed by atoms with Crippen molar-refractivity contribution < 1.29 is 9.13 Å². The molecule has 0 aromatic heterocycles. The minimum atomic E-state index is -0.438. The van der Waals surface area contributed by atoms with E-state index in [9.17, 15) is 4.39 Å². The first-order valence-electron chi connectivity index (χ1n) is 5.36. The van der Waals surface area contributed by atoms with Crippen LogP contribution in [0.2, 0.25) is 0 Å². The molecular formula is C14H8Br2FNO. The van der Waals surface area contributed by atoms with Gasteiger partial charge in [-0.3, -0.25) is 0 Å². The van der Waals surface area contributed by atoms with Gasteiger partial charge in [-0.15, -0.1) is 0 Å². The lowest BCUT2D eigenvalue weighted by Gasteiger charge is -2.09. The second kappa shape index (κ2) is 6.18. The van der Waals surface area contributed by atoms with Gasteiger partial charge in [-0.1, -0.05) is 22.0 Å². The largest absolute Gasteiger partial charge is 0.488 e. The summed E-state index contributed by atoms with van der Waals surface area (Å²) < 4.78 is 20.9. The van der Waals surface area contributed by atoms with Crippen molar-refractivity contribution >= 4 is 31.9 Å². The molecule has 0 atom stereocenters. The van der Waals surface area contributed by atoms with E-state index >= 15 is 0 Å². The van der Waals surface area contributed by atoms with E-state index in [0.717, 1.165) is 8.95 Å². The number of rotatable bonds is 3. The molecule has 2 aromatic carbocycles. The molecule has 0 aliphatic carbocycles. The minimum absolute atomic E-state index is 0.109. The van der Waals surface area contributed by atoms with Crippen molar-refractivity contribution in [3.05, 3.63) is 62.3 Å². The van der Waals surface area contributed by atoms with Crippen LogP contribution in [-0.4, -0.2) is 0 Å².